The van der Waals surface area contributed by atoms with Gasteiger partial charge in [0.1, 0.15) is 0 Å². The van der Waals surface area contributed by atoms with E-state index >= 15 is 0 Å². The quantitative estimate of drug-likeness (QED) is 0.643. The zero-order valence-corrected chi connectivity index (χ0v) is 11.2. The zero-order chi connectivity index (χ0) is 11.8. The Morgan fingerprint density at radius 1 is 1.25 bits per heavy atom. The van der Waals surface area contributed by atoms with Crippen LogP contribution in [0.15, 0.2) is 12.7 Å². The van der Waals surface area contributed by atoms with Gasteiger partial charge in [-0.05, 0) is 56.5 Å². The fourth-order valence-electron chi connectivity index (χ4n) is 3.08. The Morgan fingerprint density at radius 2 is 2.06 bits per heavy atom. The summed E-state index contributed by atoms with van der Waals surface area (Å²) in [5.41, 5.74) is 0. The molecule has 0 spiro atoms. The lowest BCUT2D eigenvalue weighted by atomic mass is 9.71. The molecule has 0 radical (unpaired) electrons. The molecule has 0 aromatic rings. The molecular formula is C15H29N. The van der Waals surface area contributed by atoms with Crippen LogP contribution in [0, 0.1) is 17.8 Å². The lowest BCUT2D eigenvalue weighted by molar-refractivity contribution is 0.164. The van der Waals surface area contributed by atoms with Crippen LogP contribution in [-0.4, -0.2) is 13.1 Å². The molecule has 16 heavy (non-hydrogen) atoms. The molecule has 1 rings (SSSR count). The molecule has 1 aliphatic rings. The predicted molar refractivity (Wildman–Crippen MR) is 72.6 cm³/mol. The maximum atomic E-state index is 3.86. The second-order valence-corrected chi connectivity index (χ2v) is 5.28. The van der Waals surface area contributed by atoms with Crippen molar-refractivity contribution in [1.82, 2.24) is 5.32 Å². The first kappa shape index (κ1) is 13.8. The second-order valence-electron chi connectivity index (χ2n) is 5.28. The summed E-state index contributed by atoms with van der Waals surface area (Å²) in [5, 5.41) is 3.53. The first-order chi connectivity index (χ1) is 7.81. The Balaban J connectivity index is 2.42. The summed E-state index contributed by atoms with van der Waals surface area (Å²) in [6.07, 6.45) is 10.4. The van der Waals surface area contributed by atoms with Crippen LogP contribution in [0.1, 0.15) is 52.4 Å². The maximum Gasteiger partial charge on any atom is -0.00180 e. The van der Waals surface area contributed by atoms with Crippen molar-refractivity contribution in [3.8, 4) is 0 Å². The van der Waals surface area contributed by atoms with Crippen LogP contribution in [0.5, 0.6) is 0 Å². The van der Waals surface area contributed by atoms with Crippen molar-refractivity contribution in [2.24, 2.45) is 17.8 Å². The van der Waals surface area contributed by atoms with Crippen LogP contribution in [-0.2, 0) is 0 Å². The fraction of sp³-hybridized carbons (Fsp3) is 0.867. The molecule has 1 aliphatic carbocycles. The summed E-state index contributed by atoms with van der Waals surface area (Å²) in [5.74, 6) is 2.85. The first-order valence-electron chi connectivity index (χ1n) is 7.13. The van der Waals surface area contributed by atoms with E-state index in [1.54, 1.807) is 0 Å². The van der Waals surface area contributed by atoms with Gasteiger partial charge in [-0.2, -0.15) is 0 Å². The van der Waals surface area contributed by atoms with Gasteiger partial charge >= 0.3 is 0 Å². The van der Waals surface area contributed by atoms with Gasteiger partial charge in [0.25, 0.3) is 0 Å². The summed E-state index contributed by atoms with van der Waals surface area (Å²) in [6.45, 7) is 10.8. The average molecular weight is 223 g/mol. The molecule has 0 bridgehead atoms. The fourth-order valence-corrected chi connectivity index (χ4v) is 3.08. The van der Waals surface area contributed by atoms with Gasteiger partial charge in [0.2, 0.25) is 0 Å². The third-order valence-corrected chi connectivity index (χ3v) is 4.22. The van der Waals surface area contributed by atoms with Crippen molar-refractivity contribution < 1.29 is 0 Å². The third-order valence-electron chi connectivity index (χ3n) is 4.22. The number of allylic oxidation sites excluding steroid dienone is 1. The number of rotatable bonds is 7. The molecule has 0 amide bonds. The van der Waals surface area contributed by atoms with E-state index in [9.17, 15) is 0 Å². The number of nitrogens with one attached hydrogen (secondary N) is 1. The standard InChI is InChI=1S/C15H29N/c1-4-7-8-14-11-13(5-2)9-10-15(14)12-16-6-3/h4,13-16H,1,5-12H2,2-3H3. The van der Waals surface area contributed by atoms with Gasteiger partial charge in [-0.25, -0.2) is 0 Å². The lowest BCUT2D eigenvalue weighted by Crippen LogP contribution is -2.33. The van der Waals surface area contributed by atoms with Crippen molar-refractivity contribution in [3.05, 3.63) is 12.7 Å². The molecule has 3 unspecified atom stereocenters. The molecule has 0 saturated heterocycles. The van der Waals surface area contributed by atoms with Crippen molar-refractivity contribution in [2.45, 2.75) is 52.4 Å². The maximum absolute atomic E-state index is 3.86. The molecule has 3 atom stereocenters. The number of hydrogen-bond acceptors (Lipinski definition) is 1. The van der Waals surface area contributed by atoms with E-state index in [0.29, 0.717) is 0 Å². The van der Waals surface area contributed by atoms with E-state index in [1.807, 2.05) is 0 Å². The topological polar surface area (TPSA) is 12.0 Å². The normalized spacial score (nSPS) is 30.2. The molecule has 94 valence electrons. The molecule has 0 aromatic carbocycles. The van der Waals surface area contributed by atoms with Gasteiger partial charge < -0.3 is 5.32 Å². The van der Waals surface area contributed by atoms with Gasteiger partial charge in [0, 0.05) is 0 Å². The summed E-state index contributed by atoms with van der Waals surface area (Å²) in [6, 6.07) is 0. The Morgan fingerprint density at radius 3 is 2.69 bits per heavy atom. The van der Waals surface area contributed by atoms with Gasteiger partial charge in [0.05, 0.1) is 0 Å². The highest BCUT2D eigenvalue weighted by Gasteiger charge is 2.28. The van der Waals surface area contributed by atoms with Crippen LogP contribution < -0.4 is 5.32 Å². The molecule has 0 aliphatic heterocycles. The Labute approximate surface area is 102 Å². The minimum Gasteiger partial charge on any atom is -0.317 e. The molecule has 1 nitrogen and oxygen atoms in total. The highest BCUT2D eigenvalue weighted by atomic mass is 14.8. The van der Waals surface area contributed by atoms with E-state index in [0.717, 1.165) is 24.3 Å². The Kier molecular flexibility index (Phi) is 6.79. The monoisotopic (exact) mass is 223 g/mol. The predicted octanol–water partition coefficient (Wildman–Crippen LogP) is 4.00. The molecule has 0 heterocycles. The van der Waals surface area contributed by atoms with E-state index in [2.05, 4.69) is 31.8 Å². The van der Waals surface area contributed by atoms with E-state index < -0.39 is 0 Å². The largest absolute Gasteiger partial charge is 0.317 e. The van der Waals surface area contributed by atoms with Crippen LogP contribution in [0.25, 0.3) is 0 Å². The molecule has 1 saturated carbocycles. The van der Waals surface area contributed by atoms with Gasteiger partial charge in [-0.15, -0.1) is 6.58 Å². The van der Waals surface area contributed by atoms with Crippen LogP contribution in [0.4, 0.5) is 0 Å². The average Bonchev–Trinajstić information content (AvgIpc) is 2.34. The van der Waals surface area contributed by atoms with Crippen molar-refractivity contribution in [2.75, 3.05) is 13.1 Å². The SMILES string of the molecule is C=CCCC1CC(CC)CCC1CNCC. The van der Waals surface area contributed by atoms with Crippen LogP contribution in [0.3, 0.4) is 0 Å². The third kappa shape index (κ3) is 4.29. The minimum absolute atomic E-state index is 0.919. The first-order valence-corrected chi connectivity index (χ1v) is 7.13. The molecule has 1 heteroatoms. The van der Waals surface area contributed by atoms with Gasteiger partial charge in [-0.3, -0.25) is 0 Å². The number of hydrogen-bond donors (Lipinski definition) is 1. The van der Waals surface area contributed by atoms with E-state index in [4.69, 9.17) is 0 Å². The highest BCUT2D eigenvalue weighted by molar-refractivity contribution is 4.83. The molecule has 1 fully saturated rings. The summed E-state index contributed by atoms with van der Waals surface area (Å²) < 4.78 is 0. The minimum atomic E-state index is 0.919. The second kappa shape index (κ2) is 7.89. The van der Waals surface area contributed by atoms with Gasteiger partial charge in [-0.1, -0.05) is 32.8 Å². The smallest absolute Gasteiger partial charge is 0.00180 e. The van der Waals surface area contributed by atoms with Crippen LogP contribution in [0.2, 0.25) is 0 Å². The van der Waals surface area contributed by atoms with Crippen molar-refractivity contribution >= 4 is 0 Å². The molecule has 0 aromatic heterocycles. The molecular weight excluding hydrogens is 194 g/mol. The Hall–Kier alpha value is -0.300. The van der Waals surface area contributed by atoms with E-state index in [-0.39, 0.29) is 0 Å². The lowest BCUT2D eigenvalue weighted by Gasteiger charge is -2.36. The van der Waals surface area contributed by atoms with Gasteiger partial charge in [0.15, 0.2) is 0 Å². The summed E-state index contributed by atoms with van der Waals surface area (Å²) >= 11 is 0. The van der Waals surface area contributed by atoms with Crippen molar-refractivity contribution in [1.29, 1.82) is 0 Å². The Bertz CT molecular complexity index is 188. The molecule has 1 N–H and O–H groups in total. The zero-order valence-electron chi connectivity index (χ0n) is 11.2. The van der Waals surface area contributed by atoms with Crippen LogP contribution >= 0.6 is 0 Å². The van der Waals surface area contributed by atoms with Crippen molar-refractivity contribution in [3.63, 3.8) is 0 Å². The van der Waals surface area contributed by atoms with E-state index in [1.165, 1.54) is 45.1 Å². The highest BCUT2D eigenvalue weighted by Crippen LogP contribution is 2.37. The summed E-state index contributed by atoms with van der Waals surface area (Å²) in [7, 11) is 0. The summed E-state index contributed by atoms with van der Waals surface area (Å²) in [4.78, 5) is 0.